The van der Waals surface area contributed by atoms with E-state index in [0.29, 0.717) is 5.92 Å². The number of carbonyl (C=O) groups excluding carboxylic acids is 1. The van der Waals surface area contributed by atoms with E-state index >= 15 is 0 Å². The molecule has 0 unspecified atom stereocenters. The van der Waals surface area contributed by atoms with Crippen LogP contribution in [0.25, 0.3) is 0 Å². The minimum absolute atomic E-state index is 0.281. The van der Waals surface area contributed by atoms with Gasteiger partial charge in [0.15, 0.2) is 5.78 Å². The molecule has 0 N–H and O–H groups in total. The average molecular weight is 210 g/mol. The lowest BCUT2D eigenvalue weighted by atomic mass is 9.82. The first kappa shape index (κ1) is 9.71. The van der Waals surface area contributed by atoms with E-state index in [9.17, 15) is 4.79 Å². The maximum Gasteiger partial charge on any atom is 0.173 e. The molecule has 2 nitrogen and oxygen atoms in total. The van der Waals surface area contributed by atoms with E-state index < -0.39 is 0 Å². The molecule has 0 saturated heterocycles. The van der Waals surface area contributed by atoms with Crippen molar-refractivity contribution in [1.82, 2.24) is 0 Å². The van der Waals surface area contributed by atoms with E-state index in [1.807, 2.05) is 11.4 Å². The quantitative estimate of drug-likeness (QED) is 0.714. The predicted octanol–water partition coefficient (Wildman–Crippen LogP) is 3.13. The van der Waals surface area contributed by atoms with Crippen LogP contribution in [0.15, 0.2) is 11.4 Å². The molecule has 0 spiro atoms. The number of rotatable bonds is 4. The van der Waals surface area contributed by atoms with Crippen LogP contribution in [0, 0.1) is 5.92 Å². The summed E-state index contributed by atoms with van der Waals surface area (Å²) in [6, 6.07) is 1.84. The molecule has 1 fully saturated rings. The summed E-state index contributed by atoms with van der Waals surface area (Å²) in [6.45, 7) is 0. The van der Waals surface area contributed by atoms with Gasteiger partial charge >= 0.3 is 0 Å². The summed E-state index contributed by atoms with van der Waals surface area (Å²) in [5.41, 5.74) is 0. The highest BCUT2D eigenvalue weighted by Gasteiger charge is 2.22. The summed E-state index contributed by atoms with van der Waals surface area (Å²) in [4.78, 5) is 12.6. The molecular weight excluding hydrogens is 196 g/mol. The Kier molecular flexibility index (Phi) is 2.87. The maximum absolute atomic E-state index is 11.7. The summed E-state index contributed by atoms with van der Waals surface area (Å²) < 4.78 is 5.05. The lowest BCUT2D eigenvalue weighted by Crippen LogP contribution is -2.15. The Morgan fingerprint density at radius 1 is 1.64 bits per heavy atom. The van der Waals surface area contributed by atoms with Gasteiger partial charge in [0.05, 0.1) is 12.0 Å². The van der Waals surface area contributed by atoms with Crippen LogP contribution in [0.5, 0.6) is 5.75 Å². The van der Waals surface area contributed by atoms with E-state index in [-0.39, 0.29) is 5.78 Å². The summed E-state index contributed by atoms with van der Waals surface area (Å²) in [7, 11) is 1.63. The third-order valence-corrected chi connectivity index (χ3v) is 3.73. The second kappa shape index (κ2) is 4.13. The Morgan fingerprint density at radius 3 is 2.93 bits per heavy atom. The van der Waals surface area contributed by atoms with Gasteiger partial charge in [-0.15, -0.1) is 11.3 Å². The van der Waals surface area contributed by atoms with Crippen molar-refractivity contribution in [1.29, 1.82) is 0 Å². The highest BCUT2D eigenvalue weighted by Crippen LogP contribution is 2.32. The smallest absolute Gasteiger partial charge is 0.173 e. The molecule has 14 heavy (non-hydrogen) atoms. The van der Waals surface area contributed by atoms with Crippen molar-refractivity contribution in [2.75, 3.05) is 7.11 Å². The van der Waals surface area contributed by atoms with Gasteiger partial charge in [-0.2, -0.15) is 0 Å². The molecule has 1 aromatic rings. The van der Waals surface area contributed by atoms with Crippen LogP contribution in [-0.2, 0) is 0 Å². The highest BCUT2D eigenvalue weighted by atomic mass is 32.1. The molecule has 0 amide bonds. The van der Waals surface area contributed by atoms with E-state index in [2.05, 4.69) is 0 Å². The van der Waals surface area contributed by atoms with Crippen LogP contribution in [0.2, 0.25) is 0 Å². The van der Waals surface area contributed by atoms with Gasteiger partial charge in [-0.05, 0) is 5.92 Å². The fourth-order valence-electron chi connectivity index (χ4n) is 1.63. The van der Waals surface area contributed by atoms with Crippen molar-refractivity contribution in [2.24, 2.45) is 5.92 Å². The number of methoxy groups -OCH3 is 1. The van der Waals surface area contributed by atoms with Crippen LogP contribution in [0.1, 0.15) is 35.4 Å². The lowest BCUT2D eigenvalue weighted by Gasteiger charge is -2.23. The first-order valence-corrected chi connectivity index (χ1v) is 5.83. The standard InChI is InChI=1S/C11H14O2S/c1-13-9-6-11(14-7-9)10(12)5-8-3-2-4-8/h6-8H,2-5H2,1H3. The molecule has 76 valence electrons. The van der Waals surface area contributed by atoms with Gasteiger partial charge in [-0.3, -0.25) is 4.79 Å². The fourth-order valence-corrected chi connectivity index (χ4v) is 2.44. The van der Waals surface area contributed by atoms with Gasteiger partial charge in [0.1, 0.15) is 5.75 Å². The van der Waals surface area contributed by atoms with Gasteiger partial charge in [0, 0.05) is 17.9 Å². The molecule has 1 saturated carbocycles. The lowest BCUT2D eigenvalue weighted by molar-refractivity contribution is 0.0940. The largest absolute Gasteiger partial charge is 0.496 e. The van der Waals surface area contributed by atoms with Gasteiger partial charge in [0.2, 0.25) is 0 Å². The summed E-state index contributed by atoms with van der Waals surface area (Å²) in [6.07, 6.45) is 4.48. The van der Waals surface area contributed by atoms with Crippen molar-refractivity contribution >= 4 is 17.1 Å². The van der Waals surface area contributed by atoms with Crippen LogP contribution in [0.4, 0.5) is 0 Å². The molecule has 1 heterocycles. The minimum Gasteiger partial charge on any atom is -0.496 e. The molecule has 0 aliphatic heterocycles. The number of hydrogen-bond donors (Lipinski definition) is 0. The molecule has 2 rings (SSSR count). The Morgan fingerprint density at radius 2 is 2.43 bits per heavy atom. The zero-order valence-electron chi connectivity index (χ0n) is 8.29. The second-order valence-corrected chi connectivity index (χ2v) is 4.69. The van der Waals surface area contributed by atoms with Crippen molar-refractivity contribution < 1.29 is 9.53 Å². The number of hydrogen-bond acceptors (Lipinski definition) is 3. The first-order chi connectivity index (χ1) is 6.79. The van der Waals surface area contributed by atoms with Crippen LogP contribution < -0.4 is 4.74 Å². The summed E-state index contributed by atoms with van der Waals surface area (Å²) >= 11 is 1.48. The van der Waals surface area contributed by atoms with E-state index in [1.54, 1.807) is 7.11 Å². The molecule has 0 atom stereocenters. The molecular formula is C11H14O2S. The summed E-state index contributed by atoms with van der Waals surface area (Å²) in [5.74, 6) is 1.73. The normalized spacial score (nSPS) is 16.4. The van der Waals surface area contributed by atoms with Gasteiger partial charge in [-0.25, -0.2) is 0 Å². The maximum atomic E-state index is 11.7. The zero-order valence-corrected chi connectivity index (χ0v) is 9.10. The van der Waals surface area contributed by atoms with Crippen LogP contribution in [0.3, 0.4) is 0 Å². The third-order valence-electron chi connectivity index (χ3n) is 2.78. The number of Topliss-reactive ketones (excluding diaryl/α,β-unsaturated/α-hetero) is 1. The molecule has 1 aliphatic rings. The molecule has 1 aromatic heterocycles. The van der Waals surface area contributed by atoms with Crippen molar-refractivity contribution in [3.63, 3.8) is 0 Å². The molecule has 1 aliphatic carbocycles. The molecule has 0 aromatic carbocycles. The third kappa shape index (κ3) is 1.98. The van der Waals surface area contributed by atoms with Crippen molar-refractivity contribution in [3.05, 3.63) is 16.3 Å². The fraction of sp³-hybridized carbons (Fsp3) is 0.545. The SMILES string of the molecule is COc1csc(C(=O)CC2CCC2)c1. The number of carbonyl (C=O) groups is 1. The van der Waals surface area contributed by atoms with E-state index in [1.165, 1.54) is 30.6 Å². The molecule has 0 radical (unpaired) electrons. The zero-order chi connectivity index (χ0) is 9.97. The Bertz CT molecular complexity index is 326. The van der Waals surface area contributed by atoms with Crippen molar-refractivity contribution in [3.8, 4) is 5.75 Å². The molecule has 0 bridgehead atoms. The Labute approximate surface area is 87.9 Å². The highest BCUT2D eigenvalue weighted by molar-refractivity contribution is 7.12. The van der Waals surface area contributed by atoms with Gasteiger partial charge < -0.3 is 4.74 Å². The van der Waals surface area contributed by atoms with E-state index in [4.69, 9.17) is 4.74 Å². The Hall–Kier alpha value is -0.830. The molecule has 3 heteroatoms. The van der Waals surface area contributed by atoms with Crippen LogP contribution in [-0.4, -0.2) is 12.9 Å². The number of ketones is 1. The van der Waals surface area contributed by atoms with Crippen LogP contribution >= 0.6 is 11.3 Å². The average Bonchev–Trinajstić information content (AvgIpc) is 2.59. The number of ether oxygens (including phenoxy) is 1. The van der Waals surface area contributed by atoms with Crippen molar-refractivity contribution in [2.45, 2.75) is 25.7 Å². The predicted molar refractivity (Wildman–Crippen MR) is 57.2 cm³/mol. The summed E-state index contributed by atoms with van der Waals surface area (Å²) in [5, 5.41) is 1.88. The minimum atomic E-state index is 0.281. The Balaban J connectivity index is 1.95. The van der Waals surface area contributed by atoms with E-state index in [0.717, 1.165) is 17.0 Å². The van der Waals surface area contributed by atoms with Gasteiger partial charge in [-0.1, -0.05) is 19.3 Å². The second-order valence-electron chi connectivity index (χ2n) is 3.78. The van der Waals surface area contributed by atoms with Gasteiger partial charge in [0.25, 0.3) is 0 Å². The topological polar surface area (TPSA) is 26.3 Å². The monoisotopic (exact) mass is 210 g/mol. The number of thiophene rings is 1. The first-order valence-electron chi connectivity index (χ1n) is 4.95.